The molecular formula is C17H34N4O2. The number of carbonyl (C=O) groups is 1. The van der Waals surface area contributed by atoms with Crippen molar-refractivity contribution in [3.63, 3.8) is 0 Å². The second-order valence-electron chi connectivity index (χ2n) is 7.23. The molecule has 2 unspecified atom stereocenters. The van der Waals surface area contributed by atoms with Crippen LogP contribution < -0.4 is 10.6 Å². The summed E-state index contributed by atoms with van der Waals surface area (Å²) in [5.41, 5.74) is -0.458. The second-order valence-corrected chi connectivity index (χ2v) is 7.23. The first-order chi connectivity index (χ1) is 10.8. The van der Waals surface area contributed by atoms with Crippen molar-refractivity contribution in [2.24, 2.45) is 4.99 Å². The van der Waals surface area contributed by atoms with E-state index < -0.39 is 5.60 Å². The molecule has 1 aliphatic heterocycles. The van der Waals surface area contributed by atoms with Gasteiger partial charge in [0.05, 0.1) is 6.04 Å². The molecular weight excluding hydrogens is 292 g/mol. The molecule has 6 heteroatoms. The number of amides is 1. The van der Waals surface area contributed by atoms with Gasteiger partial charge < -0.3 is 20.3 Å². The summed E-state index contributed by atoms with van der Waals surface area (Å²) in [5, 5.41) is 6.68. The Labute approximate surface area is 141 Å². The predicted octanol–water partition coefficient (Wildman–Crippen LogP) is 2.74. The van der Waals surface area contributed by atoms with E-state index >= 15 is 0 Å². The normalized spacial score (nSPS) is 20.9. The quantitative estimate of drug-likeness (QED) is 0.616. The predicted molar refractivity (Wildman–Crippen MR) is 94.8 cm³/mol. The van der Waals surface area contributed by atoms with Gasteiger partial charge in [0.15, 0.2) is 5.96 Å². The lowest BCUT2D eigenvalue weighted by molar-refractivity contribution is 0.0104. The summed E-state index contributed by atoms with van der Waals surface area (Å²) in [7, 11) is 1.77. The third kappa shape index (κ3) is 7.10. The molecule has 1 aliphatic rings. The summed E-state index contributed by atoms with van der Waals surface area (Å²) in [4.78, 5) is 18.5. The minimum absolute atomic E-state index is 0.147. The van der Waals surface area contributed by atoms with Crippen LogP contribution in [-0.2, 0) is 4.74 Å². The number of piperidine rings is 1. The number of aliphatic imine (C=N–C) groups is 1. The number of likely N-dealkylation sites (tertiary alicyclic amines) is 1. The average Bonchev–Trinajstić information content (AvgIpc) is 2.49. The van der Waals surface area contributed by atoms with E-state index in [1.807, 2.05) is 25.7 Å². The van der Waals surface area contributed by atoms with Gasteiger partial charge in [0.2, 0.25) is 0 Å². The molecule has 0 bridgehead atoms. The van der Waals surface area contributed by atoms with Crippen molar-refractivity contribution in [1.29, 1.82) is 0 Å². The van der Waals surface area contributed by atoms with E-state index in [4.69, 9.17) is 4.74 Å². The van der Waals surface area contributed by atoms with Crippen molar-refractivity contribution in [2.45, 2.75) is 78.0 Å². The molecule has 23 heavy (non-hydrogen) atoms. The Morgan fingerprint density at radius 3 is 2.65 bits per heavy atom. The van der Waals surface area contributed by atoms with Gasteiger partial charge >= 0.3 is 6.09 Å². The molecule has 2 atom stereocenters. The van der Waals surface area contributed by atoms with Gasteiger partial charge in [-0.3, -0.25) is 4.99 Å². The lowest BCUT2D eigenvalue weighted by Crippen LogP contribution is -2.52. The smallest absolute Gasteiger partial charge is 0.410 e. The zero-order valence-corrected chi connectivity index (χ0v) is 15.6. The molecule has 1 fully saturated rings. The maximum absolute atomic E-state index is 12.4. The van der Waals surface area contributed by atoms with Gasteiger partial charge in [-0.25, -0.2) is 4.79 Å². The van der Waals surface area contributed by atoms with Gasteiger partial charge in [-0.05, 0) is 53.4 Å². The van der Waals surface area contributed by atoms with Crippen LogP contribution in [0.15, 0.2) is 4.99 Å². The third-order valence-electron chi connectivity index (χ3n) is 3.98. The SMILES string of the molecule is CCC(C)NC(=NC)NCC1CCCCN1C(=O)OC(C)(C)C. The molecule has 0 radical (unpaired) electrons. The Bertz CT molecular complexity index is 404. The molecule has 0 aromatic heterocycles. The van der Waals surface area contributed by atoms with Crippen LogP contribution in [0.2, 0.25) is 0 Å². The third-order valence-corrected chi connectivity index (χ3v) is 3.98. The first-order valence-corrected chi connectivity index (χ1v) is 8.73. The largest absolute Gasteiger partial charge is 0.444 e. The average molecular weight is 326 g/mol. The Kier molecular flexibility index (Phi) is 7.65. The first kappa shape index (κ1) is 19.6. The van der Waals surface area contributed by atoms with E-state index in [-0.39, 0.29) is 12.1 Å². The maximum Gasteiger partial charge on any atom is 0.410 e. The van der Waals surface area contributed by atoms with E-state index in [0.29, 0.717) is 12.6 Å². The molecule has 1 saturated heterocycles. The van der Waals surface area contributed by atoms with Crippen molar-refractivity contribution >= 4 is 12.1 Å². The number of guanidine groups is 1. The Morgan fingerprint density at radius 2 is 2.09 bits per heavy atom. The van der Waals surface area contributed by atoms with E-state index in [2.05, 4.69) is 29.5 Å². The van der Waals surface area contributed by atoms with E-state index in [9.17, 15) is 4.79 Å². The molecule has 2 N–H and O–H groups in total. The number of carbonyl (C=O) groups excluding carboxylic acids is 1. The van der Waals surface area contributed by atoms with E-state index in [1.165, 1.54) is 0 Å². The highest BCUT2D eigenvalue weighted by Gasteiger charge is 2.30. The maximum atomic E-state index is 12.4. The number of nitrogens with one attached hydrogen (secondary N) is 2. The Morgan fingerprint density at radius 1 is 1.39 bits per heavy atom. The standard InChI is InChI=1S/C17H34N4O2/c1-7-13(2)20-15(18-6)19-12-14-10-8-9-11-21(14)16(22)23-17(3,4)5/h13-14H,7-12H2,1-6H3,(H2,18,19,20). The van der Waals surface area contributed by atoms with Crippen molar-refractivity contribution in [3.05, 3.63) is 0 Å². The van der Waals surface area contributed by atoms with Crippen LogP contribution in [0.5, 0.6) is 0 Å². The monoisotopic (exact) mass is 326 g/mol. The van der Waals surface area contributed by atoms with E-state index in [1.54, 1.807) is 7.05 Å². The lowest BCUT2D eigenvalue weighted by atomic mass is 10.0. The molecule has 134 valence electrons. The fourth-order valence-electron chi connectivity index (χ4n) is 2.52. The van der Waals surface area contributed by atoms with Crippen molar-refractivity contribution in [2.75, 3.05) is 20.1 Å². The molecule has 1 amide bonds. The number of ether oxygens (including phenoxy) is 1. The van der Waals surface area contributed by atoms with Gasteiger partial charge in [0.25, 0.3) is 0 Å². The van der Waals surface area contributed by atoms with Crippen molar-refractivity contribution in [3.8, 4) is 0 Å². The van der Waals surface area contributed by atoms with Crippen molar-refractivity contribution in [1.82, 2.24) is 15.5 Å². The molecule has 1 rings (SSSR count). The number of hydrogen-bond acceptors (Lipinski definition) is 3. The number of hydrogen-bond donors (Lipinski definition) is 2. The zero-order chi connectivity index (χ0) is 17.5. The molecule has 0 aliphatic carbocycles. The molecule has 1 heterocycles. The van der Waals surface area contributed by atoms with Gasteiger partial charge in [0, 0.05) is 26.2 Å². The van der Waals surface area contributed by atoms with Crippen LogP contribution in [-0.4, -0.2) is 54.8 Å². The lowest BCUT2D eigenvalue weighted by Gasteiger charge is -2.37. The highest BCUT2D eigenvalue weighted by atomic mass is 16.6. The van der Waals surface area contributed by atoms with Gasteiger partial charge in [-0.2, -0.15) is 0 Å². The van der Waals surface area contributed by atoms with Gasteiger partial charge in [-0.1, -0.05) is 6.92 Å². The summed E-state index contributed by atoms with van der Waals surface area (Å²) < 4.78 is 5.54. The molecule has 6 nitrogen and oxygen atoms in total. The first-order valence-electron chi connectivity index (χ1n) is 8.73. The minimum atomic E-state index is -0.458. The summed E-state index contributed by atoms with van der Waals surface area (Å²) >= 11 is 0. The molecule has 0 spiro atoms. The fraction of sp³-hybridized carbons (Fsp3) is 0.882. The number of nitrogens with zero attached hydrogens (tertiary/aromatic N) is 2. The van der Waals surface area contributed by atoms with E-state index in [0.717, 1.165) is 38.2 Å². The van der Waals surface area contributed by atoms with Crippen LogP contribution >= 0.6 is 0 Å². The summed E-state index contributed by atoms with van der Waals surface area (Å²) in [6, 6.07) is 0.517. The van der Waals surface area contributed by atoms with Crippen LogP contribution in [0.25, 0.3) is 0 Å². The zero-order valence-electron chi connectivity index (χ0n) is 15.6. The highest BCUT2D eigenvalue weighted by Crippen LogP contribution is 2.20. The minimum Gasteiger partial charge on any atom is -0.444 e. The Hall–Kier alpha value is -1.46. The summed E-state index contributed by atoms with van der Waals surface area (Å²) in [6.07, 6.45) is 3.99. The molecule has 0 saturated carbocycles. The fourth-order valence-corrected chi connectivity index (χ4v) is 2.52. The van der Waals surface area contributed by atoms with Gasteiger partial charge in [0.1, 0.15) is 5.60 Å². The number of rotatable bonds is 4. The van der Waals surface area contributed by atoms with Crippen molar-refractivity contribution < 1.29 is 9.53 Å². The Balaban J connectivity index is 2.59. The second kappa shape index (κ2) is 8.99. The van der Waals surface area contributed by atoms with Crippen LogP contribution in [0.1, 0.15) is 60.3 Å². The summed E-state index contributed by atoms with van der Waals surface area (Å²) in [6.45, 7) is 11.4. The van der Waals surface area contributed by atoms with Crippen LogP contribution in [0.4, 0.5) is 4.79 Å². The van der Waals surface area contributed by atoms with Crippen LogP contribution in [0, 0.1) is 0 Å². The topological polar surface area (TPSA) is 66.0 Å². The summed E-state index contributed by atoms with van der Waals surface area (Å²) in [5.74, 6) is 0.786. The van der Waals surface area contributed by atoms with Crippen LogP contribution in [0.3, 0.4) is 0 Å². The van der Waals surface area contributed by atoms with Gasteiger partial charge in [-0.15, -0.1) is 0 Å². The molecule has 0 aromatic rings. The molecule has 0 aromatic carbocycles. The highest BCUT2D eigenvalue weighted by molar-refractivity contribution is 5.80.